The Hall–Kier alpha value is -1.32. The van der Waals surface area contributed by atoms with Crippen molar-refractivity contribution in [2.45, 2.75) is 39.2 Å². The number of thiophene rings is 1. The lowest BCUT2D eigenvalue weighted by atomic mass is 9.96. The Morgan fingerprint density at radius 2 is 2.19 bits per heavy atom. The number of ether oxygens (including phenoxy) is 1. The Balaban J connectivity index is 1.97. The summed E-state index contributed by atoms with van der Waals surface area (Å²) in [6.07, 6.45) is 3.35. The Morgan fingerprint density at radius 3 is 3.00 bits per heavy atom. The summed E-state index contributed by atoms with van der Waals surface area (Å²) in [7, 11) is 0. The van der Waals surface area contributed by atoms with Crippen molar-refractivity contribution in [3.8, 4) is 5.75 Å². The summed E-state index contributed by atoms with van der Waals surface area (Å²) in [4.78, 5) is 1.45. The molecule has 0 aliphatic carbocycles. The van der Waals surface area contributed by atoms with E-state index in [1.54, 1.807) is 0 Å². The van der Waals surface area contributed by atoms with E-state index in [0.717, 1.165) is 38.2 Å². The molecule has 21 heavy (non-hydrogen) atoms. The summed E-state index contributed by atoms with van der Waals surface area (Å²) >= 11 is 1.86. The van der Waals surface area contributed by atoms with Crippen molar-refractivity contribution in [2.24, 2.45) is 0 Å². The van der Waals surface area contributed by atoms with Gasteiger partial charge in [-0.15, -0.1) is 11.3 Å². The molecule has 1 aliphatic heterocycles. The molecule has 2 aromatic rings. The lowest BCUT2D eigenvalue weighted by Gasteiger charge is -2.23. The lowest BCUT2D eigenvalue weighted by Crippen LogP contribution is -2.22. The normalized spacial score (nSPS) is 15.3. The number of hydrogen-bond donors (Lipinski definition) is 1. The van der Waals surface area contributed by atoms with Crippen molar-refractivity contribution >= 4 is 11.3 Å². The first kappa shape index (κ1) is 14.6. The fraction of sp³-hybridized carbons (Fsp3) is 0.444. The third kappa shape index (κ3) is 2.99. The van der Waals surface area contributed by atoms with E-state index in [9.17, 15) is 0 Å². The predicted octanol–water partition coefficient (Wildman–Crippen LogP) is 4.33. The molecule has 112 valence electrons. The molecule has 0 radical (unpaired) electrons. The van der Waals surface area contributed by atoms with Gasteiger partial charge in [0.05, 0.1) is 12.6 Å². The molecule has 1 aliphatic rings. The topological polar surface area (TPSA) is 21.3 Å². The Labute approximate surface area is 131 Å². The van der Waals surface area contributed by atoms with Crippen LogP contribution in [0.5, 0.6) is 5.75 Å². The fourth-order valence-electron chi connectivity index (χ4n) is 3.02. The van der Waals surface area contributed by atoms with Crippen LogP contribution in [0.25, 0.3) is 0 Å². The number of benzene rings is 1. The van der Waals surface area contributed by atoms with Crippen LogP contribution in [0.3, 0.4) is 0 Å². The van der Waals surface area contributed by atoms with E-state index >= 15 is 0 Å². The van der Waals surface area contributed by atoms with Gasteiger partial charge in [0.2, 0.25) is 0 Å². The van der Waals surface area contributed by atoms with E-state index in [1.165, 1.54) is 21.6 Å². The van der Waals surface area contributed by atoms with Crippen molar-refractivity contribution in [1.29, 1.82) is 0 Å². The molecule has 0 amide bonds. The van der Waals surface area contributed by atoms with E-state index in [1.807, 2.05) is 11.3 Å². The van der Waals surface area contributed by atoms with Gasteiger partial charge in [0.1, 0.15) is 5.75 Å². The molecule has 1 atom stereocenters. The SMILES string of the molecule is CCNC(c1ccc2c(c1)CCCO2)c1sccc1CC. The average molecular weight is 301 g/mol. The highest BCUT2D eigenvalue weighted by atomic mass is 32.1. The molecular formula is C18H23NOS. The standard InChI is InChI=1S/C18H23NOS/c1-3-13-9-11-21-18(13)17(19-4-2)15-7-8-16-14(12-15)6-5-10-20-16/h7-9,11-12,17,19H,3-6,10H2,1-2H3. The molecule has 1 aromatic heterocycles. The van der Waals surface area contributed by atoms with Crippen molar-refractivity contribution in [1.82, 2.24) is 5.32 Å². The van der Waals surface area contributed by atoms with E-state index in [0.29, 0.717) is 6.04 Å². The highest BCUT2D eigenvalue weighted by molar-refractivity contribution is 7.10. The molecular weight excluding hydrogens is 278 g/mol. The molecule has 3 rings (SSSR count). The third-order valence-electron chi connectivity index (χ3n) is 4.10. The average Bonchev–Trinajstić information content (AvgIpc) is 3.00. The van der Waals surface area contributed by atoms with Gasteiger partial charge in [-0.05, 0) is 60.0 Å². The van der Waals surface area contributed by atoms with Crippen molar-refractivity contribution in [2.75, 3.05) is 13.2 Å². The maximum absolute atomic E-state index is 5.74. The minimum absolute atomic E-state index is 0.303. The number of aryl methyl sites for hydroxylation is 2. The monoisotopic (exact) mass is 301 g/mol. The first-order chi connectivity index (χ1) is 10.3. The van der Waals surface area contributed by atoms with Crippen LogP contribution in [0.2, 0.25) is 0 Å². The van der Waals surface area contributed by atoms with E-state index in [-0.39, 0.29) is 0 Å². The second-order valence-corrected chi connectivity index (χ2v) is 6.42. The molecule has 0 fully saturated rings. The van der Waals surface area contributed by atoms with Crippen LogP contribution < -0.4 is 10.1 Å². The molecule has 0 saturated heterocycles. The third-order valence-corrected chi connectivity index (χ3v) is 5.12. The molecule has 2 nitrogen and oxygen atoms in total. The Kier molecular flexibility index (Phi) is 4.61. The maximum Gasteiger partial charge on any atom is 0.122 e. The van der Waals surface area contributed by atoms with Gasteiger partial charge in [-0.2, -0.15) is 0 Å². The number of fused-ring (bicyclic) bond motifs is 1. The summed E-state index contributed by atoms with van der Waals surface area (Å²) in [6, 6.07) is 9.26. The first-order valence-electron chi connectivity index (χ1n) is 7.88. The highest BCUT2D eigenvalue weighted by Gasteiger charge is 2.19. The number of hydrogen-bond acceptors (Lipinski definition) is 3. The van der Waals surface area contributed by atoms with Gasteiger partial charge in [0.25, 0.3) is 0 Å². The van der Waals surface area contributed by atoms with Crippen LogP contribution >= 0.6 is 11.3 Å². The summed E-state index contributed by atoms with van der Waals surface area (Å²) < 4.78 is 5.74. The summed E-state index contributed by atoms with van der Waals surface area (Å²) in [5.41, 5.74) is 4.18. The molecule has 0 saturated carbocycles. The predicted molar refractivity (Wildman–Crippen MR) is 89.5 cm³/mol. The molecule has 1 unspecified atom stereocenters. The van der Waals surface area contributed by atoms with Gasteiger partial charge in [0.15, 0.2) is 0 Å². The van der Waals surface area contributed by atoms with Crippen LogP contribution in [0, 0.1) is 0 Å². The minimum atomic E-state index is 0.303. The first-order valence-corrected chi connectivity index (χ1v) is 8.76. The van der Waals surface area contributed by atoms with Gasteiger partial charge in [-0.1, -0.05) is 26.0 Å². The lowest BCUT2D eigenvalue weighted by molar-refractivity contribution is 0.288. The van der Waals surface area contributed by atoms with E-state index < -0.39 is 0 Å². The maximum atomic E-state index is 5.74. The van der Waals surface area contributed by atoms with Gasteiger partial charge in [-0.3, -0.25) is 0 Å². The van der Waals surface area contributed by atoms with E-state index in [4.69, 9.17) is 4.74 Å². The number of rotatable bonds is 5. The second kappa shape index (κ2) is 6.63. The van der Waals surface area contributed by atoms with Crippen LogP contribution in [-0.4, -0.2) is 13.2 Å². The zero-order chi connectivity index (χ0) is 14.7. The molecule has 2 heterocycles. The molecule has 0 spiro atoms. The Bertz CT molecular complexity index is 605. The van der Waals surface area contributed by atoms with Gasteiger partial charge in [-0.25, -0.2) is 0 Å². The van der Waals surface area contributed by atoms with Crippen LogP contribution in [0.15, 0.2) is 29.6 Å². The quantitative estimate of drug-likeness (QED) is 0.887. The smallest absolute Gasteiger partial charge is 0.122 e. The molecule has 1 N–H and O–H groups in total. The largest absolute Gasteiger partial charge is 0.493 e. The van der Waals surface area contributed by atoms with Crippen molar-refractivity contribution in [3.05, 3.63) is 51.2 Å². The van der Waals surface area contributed by atoms with Crippen LogP contribution in [0.1, 0.15) is 47.9 Å². The zero-order valence-corrected chi connectivity index (χ0v) is 13.6. The number of nitrogens with one attached hydrogen (secondary N) is 1. The minimum Gasteiger partial charge on any atom is -0.493 e. The van der Waals surface area contributed by atoms with Crippen molar-refractivity contribution in [3.63, 3.8) is 0 Å². The van der Waals surface area contributed by atoms with E-state index in [2.05, 4.69) is 48.8 Å². The molecule has 3 heteroatoms. The summed E-state index contributed by atoms with van der Waals surface area (Å²) in [6.45, 7) is 6.23. The summed E-state index contributed by atoms with van der Waals surface area (Å²) in [5, 5.41) is 5.86. The fourth-order valence-corrected chi connectivity index (χ4v) is 4.12. The summed E-state index contributed by atoms with van der Waals surface area (Å²) in [5.74, 6) is 1.07. The van der Waals surface area contributed by atoms with Crippen LogP contribution in [0.4, 0.5) is 0 Å². The van der Waals surface area contributed by atoms with Crippen LogP contribution in [-0.2, 0) is 12.8 Å². The highest BCUT2D eigenvalue weighted by Crippen LogP contribution is 2.34. The van der Waals surface area contributed by atoms with Gasteiger partial charge >= 0.3 is 0 Å². The zero-order valence-electron chi connectivity index (χ0n) is 12.8. The van der Waals surface area contributed by atoms with Gasteiger partial charge in [0, 0.05) is 4.88 Å². The van der Waals surface area contributed by atoms with Crippen molar-refractivity contribution < 1.29 is 4.74 Å². The Morgan fingerprint density at radius 1 is 1.29 bits per heavy atom. The van der Waals surface area contributed by atoms with Gasteiger partial charge < -0.3 is 10.1 Å². The second-order valence-electron chi connectivity index (χ2n) is 5.47. The molecule has 0 bridgehead atoms. The molecule has 1 aromatic carbocycles.